The van der Waals surface area contributed by atoms with Crippen molar-refractivity contribution in [3.05, 3.63) is 57.8 Å². The molecule has 0 fully saturated rings. The molecule has 0 saturated carbocycles. The molecule has 1 aromatic carbocycles. The maximum atomic E-state index is 6.29. The molecule has 0 aliphatic carbocycles. The average molecular weight is 286 g/mol. The predicted molar refractivity (Wildman–Crippen MR) is 85.9 cm³/mol. The van der Waals surface area contributed by atoms with E-state index in [0.717, 1.165) is 13.1 Å². The van der Waals surface area contributed by atoms with E-state index in [0.29, 0.717) is 6.04 Å². The zero-order valence-electron chi connectivity index (χ0n) is 12.0. The first-order valence-corrected chi connectivity index (χ1v) is 8.23. The molecule has 1 aliphatic heterocycles. The number of fused-ring (bicyclic) bond motifs is 1. The second-order valence-corrected chi connectivity index (χ2v) is 6.64. The molecule has 2 N–H and O–H groups in total. The number of aryl methyl sites for hydroxylation is 1. The zero-order valence-corrected chi connectivity index (χ0v) is 12.8. The van der Waals surface area contributed by atoms with Gasteiger partial charge in [0.05, 0.1) is 6.04 Å². The first-order valence-electron chi connectivity index (χ1n) is 7.35. The van der Waals surface area contributed by atoms with Gasteiger partial charge in [0.1, 0.15) is 0 Å². The van der Waals surface area contributed by atoms with Crippen molar-refractivity contribution in [2.45, 2.75) is 38.4 Å². The Labute approximate surface area is 125 Å². The van der Waals surface area contributed by atoms with Crippen LogP contribution in [0, 0.1) is 0 Å². The van der Waals surface area contributed by atoms with Crippen molar-refractivity contribution in [3.63, 3.8) is 0 Å². The second-order valence-electron chi connectivity index (χ2n) is 5.66. The fraction of sp³-hybridized carbons (Fsp3) is 0.412. The summed E-state index contributed by atoms with van der Waals surface area (Å²) < 4.78 is 0. The fourth-order valence-corrected chi connectivity index (χ4v) is 4.17. The maximum absolute atomic E-state index is 6.29. The second kappa shape index (κ2) is 6.08. The number of nitrogens with two attached hydrogens (primary N) is 1. The Kier molecular flexibility index (Phi) is 4.20. The highest BCUT2D eigenvalue weighted by molar-refractivity contribution is 7.10. The summed E-state index contributed by atoms with van der Waals surface area (Å²) in [5, 5.41) is 2.15. The molecule has 2 nitrogen and oxygen atoms in total. The number of rotatable bonds is 3. The van der Waals surface area contributed by atoms with Crippen molar-refractivity contribution >= 4 is 11.3 Å². The van der Waals surface area contributed by atoms with Crippen LogP contribution < -0.4 is 5.73 Å². The highest BCUT2D eigenvalue weighted by atomic mass is 32.1. The lowest BCUT2D eigenvalue weighted by Gasteiger charge is -2.33. The third-order valence-corrected chi connectivity index (χ3v) is 5.05. The molecule has 0 saturated heterocycles. The first-order chi connectivity index (χ1) is 9.75. The number of nitrogens with zero attached hydrogens (tertiary/aromatic N) is 1. The van der Waals surface area contributed by atoms with Gasteiger partial charge < -0.3 is 5.73 Å². The van der Waals surface area contributed by atoms with Crippen molar-refractivity contribution in [1.82, 2.24) is 4.90 Å². The summed E-state index contributed by atoms with van der Waals surface area (Å²) >= 11 is 1.82. The first kappa shape index (κ1) is 13.8. The summed E-state index contributed by atoms with van der Waals surface area (Å²) in [6, 6.07) is 13.7. The zero-order chi connectivity index (χ0) is 13.9. The van der Waals surface area contributed by atoms with E-state index >= 15 is 0 Å². The summed E-state index contributed by atoms with van der Waals surface area (Å²) in [4.78, 5) is 3.95. The summed E-state index contributed by atoms with van der Waals surface area (Å²) in [5.41, 5.74) is 9.26. The molecule has 3 rings (SSSR count). The van der Waals surface area contributed by atoms with Gasteiger partial charge in [0.15, 0.2) is 0 Å². The van der Waals surface area contributed by atoms with Crippen LogP contribution in [0.25, 0.3) is 0 Å². The van der Waals surface area contributed by atoms with Crippen molar-refractivity contribution in [3.8, 4) is 0 Å². The number of thiophene rings is 1. The Balaban J connectivity index is 1.89. The third-order valence-electron chi connectivity index (χ3n) is 4.11. The average Bonchev–Trinajstić information content (AvgIpc) is 2.85. The van der Waals surface area contributed by atoms with Crippen LogP contribution in [0.4, 0.5) is 0 Å². The normalized spacial score (nSPS) is 19.1. The largest absolute Gasteiger partial charge is 0.326 e. The number of hydrogen-bond donors (Lipinski definition) is 1. The highest BCUT2D eigenvalue weighted by Crippen LogP contribution is 2.31. The Morgan fingerprint density at radius 3 is 2.65 bits per heavy atom. The number of benzene rings is 1. The van der Waals surface area contributed by atoms with Gasteiger partial charge in [-0.15, -0.1) is 11.3 Å². The molecule has 3 heteroatoms. The highest BCUT2D eigenvalue weighted by Gasteiger charge is 2.26. The third kappa shape index (κ3) is 2.80. The minimum Gasteiger partial charge on any atom is -0.326 e. The van der Waals surface area contributed by atoms with E-state index in [4.69, 9.17) is 5.73 Å². The molecule has 1 aromatic heterocycles. The van der Waals surface area contributed by atoms with Crippen molar-refractivity contribution in [2.24, 2.45) is 5.73 Å². The quantitative estimate of drug-likeness (QED) is 0.934. The van der Waals surface area contributed by atoms with Crippen LogP contribution >= 0.6 is 11.3 Å². The monoisotopic (exact) mass is 286 g/mol. The maximum Gasteiger partial charge on any atom is 0.0593 e. The summed E-state index contributed by atoms with van der Waals surface area (Å²) in [6.07, 6.45) is 2.40. The van der Waals surface area contributed by atoms with Gasteiger partial charge in [-0.1, -0.05) is 30.3 Å². The molecule has 2 atom stereocenters. The lowest BCUT2D eigenvalue weighted by atomic mass is 10.0. The van der Waals surface area contributed by atoms with E-state index in [1.807, 2.05) is 11.3 Å². The Morgan fingerprint density at radius 2 is 1.95 bits per heavy atom. The van der Waals surface area contributed by atoms with E-state index in [2.05, 4.69) is 53.6 Å². The van der Waals surface area contributed by atoms with Gasteiger partial charge in [0, 0.05) is 17.5 Å². The van der Waals surface area contributed by atoms with Gasteiger partial charge in [0.25, 0.3) is 0 Å². The smallest absolute Gasteiger partial charge is 0.0593 e. The van der Waals surface area contributed by atoms with Gasteiger partial charge >= 0.3 is 0 Å². The Morgan fingerprint density at radius 1 is 1.15 bits per heavy atom. The molecule has 0 spiro atoms. The lowest BCUT2D eigenvalue weighted by molar-refractivity contribution is 0.173. The van der Waals surface area contributed by atoms with Crippen LogP contribution in [0.3, 0.4) is 0 Å². The fourth-order valence-electron chi connectivity index (χ4n) is 3.19. The SMILES string of the molecule is CC(N)C(c1cccs1)N1CCCc2ccccc2C1. The molecule has 0 radical (unpaired) electrons. The standard InChI is InChI=1S/C17H22N2S/c1-13(18)17(16-9-5-11-20-16)19-10-4-8-14-6-2-3-7-15(14)12-19/h2-3,5-7,9,11,13,17H,4,8,10,12,18H2,1H3. The Bertz CT molecular complexity index is 548. The van der Waals surface area contributed by atoms with E-state index in [9.17, 15) is 0 Å². The summed E-state index contributed by atoms with van der Waals surface area (Å²) in [6.45, 7) is 4.26. The van der Waals surface area contributed by atoms with Crippen LogP contribution in [0.1, 0.15) is 35.4 Å². The van der Waals surface area contributed by atoms with Crippen LogP contribution in [0.2, 0.25) is 0 Å². The van der Waals surface area contributed by atoms with Crippen molar-refractivity contribution < 1.29 is 0 Å². The predicted octanol–water partition coefficient (Wildman–Crippen LogP) is 3.58. The molecule has 2 aromatic rings. The van der Waals surface area contributed by atoms with E-state index < -0.39 is 0 Å². The molecule has 0 amide bonds. The van der Waals surface area contributed by atoms with E-state index in [1.165, 1.54) is 28.8 Å². The van der Waals surface area contributed by atoms with Gasteiger partial charge in [-0.3, -0.25) is 4.90 Å². The molecule has 2 heterocycles. The van der Waals surface area contributed by atoms with Gasteiger partial charge in [-0.2, -0.15) is 0 Å². The van der Waals surface area contributed by atoms with Crippen LogP contribution in [0.15, 0.2) is 41.8 Å². The van der Waals surface area contributed by atoms with Gasteiger partial charge in [-0.25, -0.2) is 0 Å². The van der Waals surface area contributed by atoms with Crippen molar-refractivity contribution in [2.75, 3.05) is 6.54 Å². The molecular weight excluding hydrogens is 264 g/mol. The van der Waals surface area contributed by atoms with Crippen LogP contribution in [-0.4, -0.2) is 17.5 Å². The van der Waals surface area contributed by atoms with Crippen LogP contribution in [0.5, 0.6) is 0 Å². The lowest BCUT2D eigenvalue weighted by Crippen LogP contribution is -2.38. The minimum absolute atomic E-state index is 0.152. The number of hydrogen-bond acceptors (Lipinski definition) is 3. The van der Waals surface area contributed by atoms with Gasteiger partial charge in [-0.05, 0) is 48.9 Å². The summed E-state index contributed by atoms with van der Waals surface area (Å²) in [7, 11) is 0. The minimum atomic E-state index is 0.152. The summed E-state index contributed by atoms with van der Waals surface area (Å²) in [5.74, 6) is 0. The topological polar surface area (TPSA) is 29.3 Å². The Hall–Kier alpha value is -1.16. The van der Waals surface area contributed by atoms with Crippen LogP contribution in [-0.2, 0) is 13.0 Å². The van der Waals surface area contributed by atoms with E-state index in [1.54, 1.807) is 0 Å². The molecule has 1 aliphatic rings. The molecule has 0 bridgehead atoms. The molecular formula is C17H22N2S. The molecule has 20 heavy (non-hydrogen) atoms. The molecule has 2 unspecified atom stereocenters. The van der Waals surface area contributed by atoms with Gasteiger partial charge in [0.2, 0.25) is 0 Å². The molecule has 106 valence electrons. The van der Waals surface area contributed by atoms with E-state index in [-0.39, 0.29) is 6.04 Å². The van der Waals surface area contributed by atoms with Crippen molar-refractivity contribution in [1.29, 1.82) is 0 Å².